The van der Waals surface area contributed by atoms with Crippen molar-refractivity contribution in [2.75, 3.05) is 0 Å². The average Bonchev–Trinajstić information content (AvgIpc) is 3.04. The largest absolute Gasteiger partial charge is 0.333 e. The van der Waals surface area contributed by atoms with E-state index in [1.54, 1.807) is 18.3 Å². The second kappa shape index (κ2) is 6.52. The number of nitrogens with zero attached hydrogens (tertiary/aromatic N) is 3. The fourth-order valence-corrected chi connectivity index (χ4v) is 2.87. The van der Waals surface area contributed by atoms with Crippen molar-refractivity contribution in [2.24, 2.45) is 0 Å². The highest BCUT2D eigenvalue weighted by molar-refractivity contribution is 7.99. The number of imidazole rings is 1. The number of nitriles is 1. The van der Waals surface area contributed by atoms with Crippen LogP contribution in [0.4, 0.5) is 10.1 Å². The quantitative estimate of drug-likeness (QED) is 0.568. The molecule has 0 atom stereocenters. The van der Waals surface area contributed by atoms with Gasteiger partial charge in [0.05, 0.1) is 22.4 Å². The van der Waals surface area contributed by atoms with E-state index < -0.39 is 4.92 Å². The molecule has 1 aromatic heterocycles. The van der Waals surface area contributed by atoms with Gasteiger partial charge in [0.1, 0.15) is 11.9 Å². The van der Waals surface area contributed by atoms with Gasteiger partial charge in [0.15, 0.2) is 5.16 Å². The normalized spacial score (nSPS) is 10.3. The van der Waals surface area contributed by atoms with Crippen LogP contribution < -0.4 is 0 Å². The maximum atomic E-state index is 13.0. The molecule has 0 aliphatic carbocycles. The predicted molar refractivity (Wildman–Crippen MR) is 85.9 cm³/mol. The van der Waals surface area contributed by atoms with Gasteiger partial charge >= 0.3 is 0 Å². The highest BCUT2D eigenvalue weighted by Gasteiger charge is 2.13. The van der Waals surface area contributed by atoms with Crippen LogP contribution in [0, 0.1) is 27.3 Å². The van der Waals surface area contributed by atoms with Gasteiger partial charge in [0.25, 0.3) is 5.69 Å². The summed E-state index contributed by atoms with van der Waals surface area (Å²) in [6.07, 6.45) is 1.60. The Hall–Kier alpha value is -3.18. The summed E-state index contributed by atoms with van der Waals surface area (Å²) in [6.45, 7) is 0. The molecule has 3 aromatic rings. The van der Waals surface area contributed by atoms with Crippen molar-refractivity contribution in [3.05, 3.63) is 70.2 Å². The van der Waals surface area contributed by atoms with Crippen molar-refractivity contribution < 1.29 is 9.31 Å². The van der Waals surface area contributed by atoms with E-state index >= 15 is 0 Å². The fourth-order valence-electron chi connectivity index (χ4n) is 2.04. The van der Waals surface area contributed by atoms with Crippen molar-refractivity contribution in [3.63, 3.8) is 0 Å². The molecular formula is C16H9FN4O2S. The lowest BCUT2D eigenvalue weighted by Crippen LogP contribution is -1.90. The zero-order valence-electron chi connectivity index (χ0n) is 12.1. The van der Waals surface area contributed by atoms with Crippen LogP contribution in [0.3, 0.4) is 0 Å². The number of halogens is 1. The Kier molecular flexibility index (Phi) is 4.26. The summed E-state index contributed by atoms with van der Waals surface area (Å²) in [7, 11) is 0. The fraction of sp³-hybridized carbons (Fsp3) is 0. The van der Waals surface area contributed by atoms with Crippen LogP contribution in [0.5, 0.6) is 0 Å². The summed E-state index contributed by atoms with van der Waals surface area (Å²) in [5.74, 6) is -0.322. The molecule has 118 valence electrons. The van der Waals surface area contributed by atoms with Crippen molar-refractivity contribution in [2.45, 2.75) is 10.1 Å². The zero-order valence-corrected chi connectivity index (χ0v) is 12.9. The summed E-state index contributed by atoms with van der Waals surface area (Å²) in [6, 6.07) is 12.0. The third kappa shape index (κ3) is 3.26. The molecule has 2 aromatic carbocycles. The first kappa shape index (κ1) is 15.7. The second-order valence-electron chi connectivity index (χ2n) is 4.76. The van der Waals surface area contributed by atoms with Crippen molar-refractivity contribution >= 4 is 17.4 Å². The molecule has 0 saturated carbocycles. The van der Waals surface area contributed by atoms with Crippen LogP contribution in [0.15, 0.2) is 58.7 Å². The van der Waals surface area contributed by atoms with Gasteiger partial charge in [0, 0.05) is 17.0 Å². The minimum Gasteiger partial charge on any atom is -0.333 e. The summed E-state index contributed by atoms with van der Waals surface area (Å²) >= 11 is 1.19. The minimum atomic E-state index is -0.547. The number of nitro groups is 1. The van der Waals surface area contributed by atoms with Gasteiger partial charge in [-0.15, -0.1) is 0 Å². The van der Waals surface area contributed by atoms with Crippen LogP contribution in [0.25, 0.3) is 11.3 Å². The molecule has 0 aliphatic heterocycles. The lowest BCUT2D eigenvalue weighted by atomic mass is 10.2. The molecule has 0 radical (unpaired) electrons. The molecule has 6 nitrogen and oxygen atoms in total. The van der Waals surface area contributed by atoms with Crippen LogP contribution in [0.1, 0.15) is 5.56 Å². The topological polar surface area (TPSA) is 95.6 Å². The van der Waals surface area contributed by atoms with Crippen LogP contribution in [0.2, 0.25) is 0 Å². The summed E-state index contributed by atoms with van der Waals surface area (Å²) in [4.78, 5) is 18.1. The van der Waals surface area contributed by atoms with Crippen LogP contribution >= 0.6 is 11.8 Å². The Balaban J connectivity index is 1.86. The van der Waals surface area contributed by atoms with Gasteiger partial charge in [-0.3, -0.25) is 10.1 Å². The van der Waals surface area contributed by atoms with E-state index in [0.717, 1.165) is 5.56 Å². The van der Waals surface area contributed by atoms with E-state index in [4.69, 9.17) is 5.26 Å². The molecule has 8 heteroatoms. The van der Waals surface area contributed by atoms with Crippen LogP contribution in [-0.2, 0) is 0 Å². The molecule has 0 aliphatic rings. The minimum absolute atomic E-state index is 0.137. The lowest BCUT2D eigenvalue weighted by molar-refractivity contribution is -0.384. The third-order valence-corrected chi connectivity index (χ3v) is 4.19. The molecular weight excluding hydrogens is 331 g/mol. The molecule has 3 rings (SSSR count). The Morgan fingerprint density at radius 2 is 2.00 bits per heavy atom. The molecule has 0 unspecified atom stereocenters. The number of non-ortho nitro benzene ring substituents is 1. The average molecular weight is 340 g/mol. The number of aromatic amines is 1. The molecule has 0 bridgehead atoms. The maximum absolute atomic E-state index is 13.0. The Labute approximate surface area is 140 Å². The maximum Gasteiger partial charge on any atom is 0.270 e. The molecule has 1 heterocycles. The number of nitrogens with one attached hydrogen (secondary N) is 1. The predicted octanol–water partition coefficient (Wildman–Crippen LogP) is 4.15. The molecule has 0 saturated heterocycles. The standard InChI is InChI=1S/C16H9FN4O2S/c17-12-3-1-10(2-4-12)14-9-19-16(20-14)24-15-6-5-13(21(22)23)7-11(15)8-18/h1-7,9H,(H,19,20). The molecule has 24 heavy (non-hydrogen) atoms. The van der Waals surface area contributed by atoms with Gasteiger partial charge in [-0.25, -0.2) is 9.37 Å². The molecule has 1 N–H and O–H groups in total. The second-order valence-corrected chi connectivity index (χ2v) is 5.79. The van der Waals surface area contributed by atoms with E-state index in [1.807, 2.05) is 6.07 Å². The van der Waals surface area contributed by atoms with Gasteiger partial charge in [-0.05, 0) is 35.9 Å². The van der Waals surface area contributed by atoms with Gasteiger partial charge < -0.3 is 4.98 Å². The first-order valence-corrected chi connectivity index (χ1v) is 7.56. The van der Waals surface area contributed by atoms with E-state index in [-0.39, 0.29) is 17.1 Å². The Morgan fingerprint density at radius 3 is 2.67 bits per heavy atom. The summed E-state index contributed by atoms with van der Waals surface area (Å²) in [5.41, 5.74) is 1.55. The Morgan fingerprint density at radius 1 is 1.25 bits per heavy atom. The SMILES string of the molecule is N#Cc1cc([N+](=O)[O-])ccc1Sc1ncc(-c2ccc(F)cc2)[nH]1. The van der Waals surface area contributed by atoms with Crippen molar-refractivity contribution in [3.8, 4) is 17.3 Å². The molecule has 0 amide bonds. The summed E-state index contributed by atoms with van der Waals surface area (Å²) in [5, 5.41) is 20.5. The number of benzene rings is 2. The van der Waals surface area contributed by atoms with Gasteiger partial charge in [0.2, 0.25) is 0 Å². The summed E-state index contributed by atoms with van der Waals surface area (Å²) < 4.78 is 13.0. The number of hydrogen-bond donors (Lipinski definition) is 1. The first-order chi connectivity index (χ1) is 11.6. The van der Waals surface area contributed by atoms with E-state index in [9.17, 15) is 14.5 Å². The highest BCUT2D eigenvalue weighted by atomic mass is 32.2. The molecule has 0 spiro atoms. The van der Waals surface area contributed by atoms with E-state index in [1.165, 1.54) is 42.1 Å². The number of nitro benzene ring substituents is 1. The van der Waals surface area contributed by atoms with E-state index in [0.29, 0.717) is 15.7 Å². The Bertz CT molecular complexity index is 947. The first-order valence-electron chi connectivity index (χ1n) is 6.74. The number of hydrogen-bond acceptors (Lipinski definition) is 5. The monoisotopic (exact) mass is 340 g/mol. The highest BCUT2D eigenvalue weighted by Crippen LogP contribution is 2.31. The number of rotatable bonds is 4. The lowest BCUT2D eigenvalue weighted by Gasteiger charge is -2.01. The molecule has 0 fully saturated rings. The number of H-pyrrole nitrogens is 1. The van der Waals surface area contributed by atoms with Gasteiger partial charge in [-0.2, -0.15) is 5.26 Å². The smallest absolute Gasteiger partial charge is 0.270 e. The number of aromatic nitrogens is 2. The zero-order chi connectivity index (χ0) is 17.1. The van der Waals surface area contributed by atoms with Crippen LogP contribution in [-0.4, -0.2) is 14.9 Å². The third-order valence-electron chi connectivity index (χ3n) is 3.21. The van der Waals surface area contributed by atoms with Gasteiger partial charge in [-0.1, -0.05) is 11.8 Å². The van der Waals surface area contributed by atoms with Crippen molar-refractivity contribution in [1.29, 1.82) is 5.26 Å². The van der Waals surface area contributed by atoms with E-state index in [2.05, 4.69) is 9.97 Å². The van der Waals surface area contributed by atoms with Crippen molar-refractivity contribution in [1.82, 2.24) is 9.97 Å².